The molecule has 0 radical (unpaired) electrons. The van der Waals surface area contributed by atoms with Crippen molar-refractivity contribution in [2.24, 2.45) is 0 Å². The first-order valence-electron chi connectivity index (χ1n) is 6.04. The summed E-state index contributed by atoms with van der Waals surface area (Å²) in [4.78, 5) is 15.9. The van der Waals surface area contributed by atoms with Gasteiger partial charge >= 0.3 is 0 Å². The van der Waals surface area contributed by atoms with Crippen LogP contribution in [0.3, 0.4) is 0 Å². The van der Waals surface area contributed by atoms with Gasteiger partial charge in [-0.05, 0) is 57.1 Å². The third-order valence-corrected chi connectivity index (χ3v) is 3.34. The molecule has 2 rings (SSSR count). The molecule has 1 heterocycles. The van der Waals surface area contributed by atoms with Crippen LogP contribution in [0.15, 0.2) is 12.1 Å². The Morgan fingerprint density at radius 3 is 2.59 bits per heavy atom. The number of anilines is 1. The van der Waals surface area contributed by atoms with Crippen molar-refractivity contribution >= 4 is 11.6 Å². The maximum absolute atomic E-state index is 12.1. The van der Waals surface area contributed by atoms with Gasteiger partial charge in [-0.1, -0.05) is 6.07 Å². The summed E-state index contributed by atoms with van der Waals surface area (Å²) in [5.74, 6) is 0.192. The Bertz CT molecular complexity index is 452. The molecule has 3 heteroatoms. The molecule has 1 aromatic carbocycles. The molecule has 92 valence electrons. The lowest BCUT2D eigenvalue weighted by Gasteiger charge is -2.20. The number of amides is 1. The molecule has 3 nitrogen and oxygen atoms in total. The molecule has 0 spiro atoms. The van der Waals surface area contributed by atoms with Gasteiger partial charge in [-0.2, -0.15) is 0 Å². The Morgan fingerprint density at radius 2 is 1.94 bits per heavy atom. The number of hydrogen-bond acceptors (Lipinski definition) is 2. The number of aryl methyl sites for hydroxylation is 2. The summed E-state index contributed by atoms with van der Waals surface area (Å²) in [6.07, 6.45) is 0.982. The Labute approximate surface area is 103 Å². The monoisotopic (exact) mass is 232 g/mol. The van der Waals surface area contributed by atoms with Gasteiger partial charge < -0.3 is 9.80 Å². The second-order valence-electron chi connectivity index (χ2n) is 5.10. The molecule has 0 unspecified atom stereocenters. The second kappa shape index (κ2) is 4.49. The first-order chi connectivity index (χ1) is 7.99. The molecule has 0 fully saturated rings. The number of carbonyl (C=O) groups excluding carboxylic acids is 1. The van der Waals surface area contributed by atoms with Crippen LogP contribution in [0, 0.1) is 13.8 Å². The number of rotatable bonds is 2. The van der Waals surface area contributed by atoms with E-state index in [0.29, 0.717) is 6.54 Å². The number of carbonyl (C=O) groups is 1. The molecule has 0 aliphatic carbocycles. The van der Waals surface area contributed by atoms with Crippen molar-refractivity contribution in [3.8, 4) is 0 Å². The van der Waals surface area contributed by atoms with Crippen LogP contribution >= 0.6 is 0 Å². The van der Waals surface area contributed by atoms with E-state index in [1.807, 2.05) is 23.9 Å². The third kappa shape index (κ3) is 2.34. The van der Waals surface area contributed by atoms with Crippen molar-refractivity contribution in [1.82, 2.24) is 4.90 Å². The number of fused-ring (bicyclic) bond motifs is 1. The Balaban J connectivity index is 2.27. The average molecular weight is 232 g/mol. The minimum absolute atomic E-state index is 0.192. The highest BCUT2D eigenvalue weighted by atomic mass is 16.2. The van der Waals surface area contributed by atoms with Gasteiger partial charge in [0.1, 0.15) is 0 Å². The van der Waals surface area contributed by atoms with Gasteiger partial charge in [-0.3, -0.25) is 4.79 Å². The predicted octanol–water partition coefficient (Wildman–Crippen LogP) is 1.75. The predicted molar refractivity (Wildman–Crippen MR) is 70.5 cm³/mol. The standard InChI is InChI=1S/C14H20N2O/c1-10-7-12-5-6-16(13(12)8-11(10)2)14(17)9-15(3)4/h7-8H,5-6,9H2,1-4H3. The van der Waals surface area contributed by atoms with Gasteiger partial charge in [0.2, 0.25) is 5.91 Å². The zero-order chi connectivity index (χ0) is 12.6. The summed E-state index contributed by atoms with van der Waals surface area (Å²) in [6.45, 7) is 5.53. The first-order valence-corrected chi connectivity index (χ1v) is 6.04. The Morgan fingerprint density at radius 1 is 1.29 bits per heavy atom. The molecule has 1 aromatic rings. The van der Waals surface area contributed by atoms with Gasteiger partial charge in [0.05, 0.1) is 6.54 Å². The SMILES string of the molecule is Cc1cc2c(cc1C)N(C(=O)CN(C)C)CC2. The fourth-order valence-corrected chi connectivity index (χ4v) is 2.28. The summed E-state index contributed by atoms with van der Waals surface area (Å²) in [5.41, 5.74) is 4.99. The number of benzene rings is 1. The quantitative estimate of drug-likeness (QED) is 0.775. The number of hydrogen-bond donors (Lipinski definition) is 0. The van der Waals surface area contributed by atoms with Gasteiger partial charge in [-0.25, -0.2) is 0 Å². The van der Waals surface area contributed by atoms with Crippen LogP contribution in [0.2, 0.25) is 0 Å². The maximum atomic E-state index is 12.1. The molecule has 1 amide bonds. The minimum atomic E-state index is 0.192. The van der Waals surface area contributed by atoms with Crippen molar-refractivity contribution < 1.29 is 4.79 Å². The van der Waals surface area contributed by atoms with Crippen LogP contribution in [0.1, 0.15) is 16.7 Å². The summed E-state index contributed by atoms with van der Waals surface area (Å²) in [7, 11) is 3.85. The molecular weight excluding hydrogens is 212 g/mol. The van der Waals surface area contributed by atoms with E-state index < -0.39 is 0 Å². The second-order valence-corrected chi connectivity index (χ2v) is 5.10. The number of nitrogens with zero attached hydrogens (tertiary/aromatic N) is 2. The summed E-state index contributed by atoms with van der Waals surface area (Å²) in [5, 5.41) is 0. The molecular formula is C14H20N2O. The fraction of sp³-hybridized carbons (Fsp3) is 0.500. The first kappa shape index (κ1) is 12.1. The molecule has 1 aliphatic heterocycles. The van der Waals surface area contributed by atoms with Crippen molar-refractivity contribution in [3.05, 3.63) is 28.8 Å². The van der Waals surface area contributed by atoms with Crippen LogP contribution in [0.5, 0.6) is 0 Å². The van der Waals surface area contributed by atoms with Crippen LogP contribution in [-0.4, -0.2) is 38.0 Å². The van der Waals surface area contributed by atoms with Crippen molar-refractivity contribution in [3.63, 3.8) is 0 Å². The molecule has 17 heavy (non-hydrogen) atoms. The van der Waals surface area contributed by atoms with Crippen molar-refractivity contribution in [2.75, 3.05) is 32.1 Å². The Kier molecular flexibility index (Phi) is 3.20. The van der Waals surface area contributed by atoms with Crippen LogP contribution in [0.25, 0.3) is 0 Å². The highest BCUT2D eigenvalue weighted by molar-refractivity contribution is 5.96. The highest BCUT2D eigenvalue weighted by Gasteiger charge is 2.25. The zero-order valence-electron chi connectivity index (χ0n) is 11.1. The van der Waals surface area contributed by atoms with Gasteiger partial charge in [-0.15, -0.1) is 0 Å². The van der Waals surface area contributed by atoms with E-state index in [0.717, 1.165) is 18.7 Å². The smallest absolute Gasteiger partial charge is 0.241 e. The summed E-state index contributed by atoms with van der Waals surface area (Å²) >= 11 is 0. The molecule has 0 aromatic heterocycles. The minimum Gasteiger partial charge on any atom is -0.311 e. The van der Waals surface area contributed by atoms with E-state index in [9.17, 15) is 4.79 Å². The van der Waals surface area contributed by atoms with Crippen LogP contribution in [-0.2, 0) is 11.2 Å². The van der Waals surface area contributed by atoms with E-state index in [2.05, 4.69) is 26.0 Å². The van der Waals surface area contributed by atoms with Crippen LogP contribution < -0.4 is 4.90 Å². The normalized spacial score (nSPS) is 14.3. The zero-order valence-corrected chi connectivity index (χ0v) is 11.1. The molecule has 1 aliphatic rings. The topological polar surface area (TPSA) is 23.6 Å². The molecule has 0 bridgehead atoms. The molecule has 0 N–H and O–H groups in total. The average Bonchev–Trinajstić information content (AvgIpc) is 2.60. The molecule has 0 atom stereocenters. The lowest BCUT2D eigenvalue weighted by atomic mass is 10.0. The lowest BCUT2D eigenvalue weighted by molar-refractivity contribution is -0.119. The highest BCUT2D eigenvalue weighted by Crippen LogP contribution is 2.30. The molecule has 0 saturated carbocycles. The van der Waals surface area contributed by atoms with Gasteiger partial charge in [0.15, 0.2) is 0 Å². The fourth-order valence-electron chi connectivity index (χ4n) is 2.28. The van der Waals surface area contributed by atoms with Gasteiger partial charge in [0.25, 0.3) is 0 Å². The number of likely N-dealkylation sites (N-methyl/N-ethyl adjacent to an activating group) is 1. The van der Waals surface area contributed by atoms with Gasteiger partial charge in [0, 0.05) is 12.2 Å². The van der Waals surface area contributed by atoms with Crippen LogP contribution in [0.4, 0.5) is 5.69 Å². The molecule has 0 saturated heterocycles. The van der Waals surface area contributed by atoms with Crippen molar-refractivity contribution in [2.45, 2.75) is 20.3 Å². The van der Waals surface area contributed by atoms with E-state index in [-0.39, 0.29) is 5.91 Å². The Hall–Kier alpha value is -1.35. The van der Waals surface area contributed by atoms with Crippen molar-refractivity contribution in [1.29, 1.82) is 0 Å². The van der Waals surface area contributed by atoms with E-state index >= 15 is 0 Å². The van der Waals surface area contributed by atoms with E-state index in [4.69, 9.17) is 0 Å². The summed E-state index contributed by atoms with van der Waals surface area (Å²) < 4.78 is 0. The third-order valence-electron chi connectivity index (χ3n) is 3.34. The summed E-state index contributed by atoms with van der Waals surface area (Å²) in [6, 6.07) is 4.36. The van der Waals surface area contributed by atoms with E-state index in [1.165, 1.54) is 16.7 Å². The maximum Gasteiger partial charge on any atom is 0.241 e. The largest absolute Gasteiger partial charge is 0.311 e. The lowest BCUT2D eigenvalue weighted by Crippen LogP contribution is -2.36. The van der Waals surface area contributed by atoms with E-state index in [1.54, 1.807) is 0 Å².